The van der Waals surface area contributed by atoms with E-state index < -0.39 is 0 Å². The molecule has 2 N–H and O–H groups in total. The van der Waals surface area contributed by atoms with Gasteiger partial charge >= 0.3 is 0 Å². The summed E-state index contributed by atoms with van der Waals surface area (Å²) in [6.45, 7) is 4.88. The van der Waals surface area contributed by atoms with E-state index in [1.807, 2.05) is 18.5 Å². The van der Waals surface area contributed by atoms with Crippen molar-refractivity contribution in [2.45, 2.75) is 19.9 Å². The maximum atomic E-state index is 8.77. The summed E-state index contributed by atoms with van der Waals surface area (Å²) in [7, 11) is 0. The predicted molar refractivity (Wildman–Crippen MR) is 61.3 cm³/mol. The van der Waals surface area contributed by atoms with E-state index in [1.54, 1.807) is 11.3 Å². The largest absolute Gasteiger partial charge is 0.395 e. The van der Waals surface area contributed by atoms with Crippen LogP contribution in [0.1, 0.15) is 24.4 Å². The number of aromatic nitrogens is 2. The van der Waals surface area contributed by atoms with E-state index in [0.717, 1.165) is 10.7 Å². The summed E-state index contributed by atoms with van der Waals surface area (Å²) >= 11 is 1.64. The minimum absolute atomic E-state index is 0.162. The molecule has 0 amide bonds. The first-order chi connectivity index (χ1) is 7.24. The number of aryl methyl sites for hydroxylation is 1. The van der Waals surface area contributed by atoms with Crippen molar-refractivity contribution in [3.8, 4) is 0 Å². The molecule has 5 heteroatoms. The standard InChI is InChI=1S/C10H15N3OS/c1-7(11-3-5-14)9-8(2)12-10-13(9)4-6-15-10/h4,6-7,11,14H,3,5H2,1-2H3. The third-order valence-corrected chi connectivity index (χ3v) is 3.21. The highest BCUT2D eigenvalue weighted by Crippen LogP contribution is 2.22. The molecule has 2 aromatic rings. The molecule has 0 aliphatic carbocycles. The van der Waals surface area contributed by atoms with Gasteiger partial charge in [-0.15, -0.1) is 11.3 Å². The third-order valence-electron chi connectivity index (χ3n) is 2.46. The number of aliphatic hydroxyl groups is 1. The lowest BCUT2D eigenvalue weighted by atomic mass is 10.2. The van der Waals surface area contributed by atoms with Crippen molar-refractivity contribution in [3.63, 3.8) is 0 Å². The van der Waals surface area contributed by atoms with Gasteiger partial charge in [-0.05, 0) is 13.8 Å². The molecule has 0 aliphatic rings. The number of imidazole rings is 1. The van der Waals surface area contributed by atoms with Crippen LogP contribution in [0.25, 0.3) is 4.96 Å². The molecule has 1 unspecified atom stereocenters. The predicted octanol–water partition coefficient (Wildman–Crippen LogP) is 1.35. The molecule has 0 spiro atoms. The van der Waals surface area contributed by atoms with E-state index in [1.165, 1.54) is 5.69 Å². The lowest BCUT2D eigenvalue weighted by Gasteiger charge is -2.12. The van der Waals surface area contributed by atoms with E-state index in [0.29, 0.717) is 6.54 Å². The molecule has 0 saturated carbocycles. The van der Waals surface area contributed by atoms with Gasteiger partial charge in [0.05, 0.1) is 18.0 Å². The fourth-order valence-electron chi connectivity index (χ4n) is 1.81. The molecule has 0 aromatic carbocycles. The van der Waals surface area contributed by atoms with Crippen LogP contribution in [0.3, 0.4) is 0 Å². The molecule has 2 rings (SSSR count). The first-order valence-corrected chi connectivity index (χ1v) is 5.88. The summed E-state index contributed by atoms with van der Waals surface area (Å²) in [6, 6.07) is 0.210. The Labute approximate surface area is 92.6 Å². The first-order valence-electron chi connectivity index (χ1n) is 5.00. The van der Waals surface area contributed by atoms with E-state index in [2.05, 4.69) is 21.6 Å². The van der Waals surface area contributed by atoms with Crippen LogP contribution < -0.4 is 5.32 Å². The number of nitrogens with one attached hydrogen (secondary N) is 1. The second kappa shape index (κ2) is 4.30. The first kappa shape index (κ1) is 10.6. The molecular weight excluding hydrogens is 210 g/mol. The van der Waals surface area contributed by atoms with E-state index in [4.69, 9.17) is 5.11 Å². The minimum atomic E-state index is 0.162. The Kier molecular flexibility index (Phi) is 3.04. The Bertz CT molecular complexity index is 448. The monoisotopic (exact) mass is 225 g/mol. The highest BCUT2D eigenvalue weighted by molar-refractivity contribution is 7.15. The zero-order valence-electron chi connectivity index (χ0n) is 8.90. The average molecular weight is 225 g/mol. The van der Waals surface area contributed by atoms with Crippen LogP contribution in [0.4, 0.5) is 0 Å². The van der Waals surface area contributed by atoms with Gasteiger partial charge in [0, 0.05) is 24.2 Å². The van der Waals surface area contributed by atoms with Gasteiger partial charge in [0.25, 0.3) is 0 Å². The van der Waals surface area contributed by atoms with Gasteiger partial charge < -0.3 is 10.4 Å². The molecule has 0 saturated heterocycles. The molecular formula is C10H15N3OS. The van der Waals surface area contributed by atoms with Crippen molar-refractivity contribution in [1.82, 2.24) is 14.7 Å². The van der Waals surface area contributed by atoms with Gasteiger partial charge in [0.15, 0.2) is 4.96 Å². The molecule has 15 heavy (non-hydrogen) atoms. The van der Waals surface area contributed by atoms with Gasteiger partial charge in [0.1, 0.15) is 0 Å². The van der Waals surface area contributed by atoms with Crippen molar-refractivity contribution in [2.24, 2.45) is 0 Å². The quantitative estimate of drug-likeness (QED) is 0.825. The lowest BCUT2D eigenvalue weighted by Crippen LogP contribution is -2.23. The number of rotatable bonds is 4. The van der Waals surface area contributed by atoms with Crippen LogP contribution in [0.2, 0.25) is 0 Å². The maximum Gasteiger partial charge on any atom is 0.194 e. The fraction of sp³-hybridized carbons (Fsp3) is 0.500. The molecule has 0 fully saturated rings. The normalized spacial score (nSPS) is 13.5. The molecule has 2 heterocycles. The van der Waals surface area contributed by atoms with Gasteiger partial charge in [-0.2, -0.15) is 0 Å². The van der Waals surface area contributed by atoms with Crippen molar-refractivity contribution in [2.75, 3.05) is 13.2 Å². The van der Waals surface area contributed by atoms with Gasteiger partial charge in [0.2, 0.25) is 0 Å². The van der Waals surface area contributed by atoms with Crippen molar-refractivity contribution >= 4 is 16.3 Å². The highest BCUT2D eigenvalue weighted by atomic mass is 32.1. The Morgan fingerprint density at radius 1 is 1.67 bits per heavy atom. The van der Waals surface area contributed by atoms with Crippen molar-refractivity contribution in [3.05, 3.63) is 23.0 Å². The van der Waals surface area contributed by atoms with Gasteiger partial charge in [-0.25, -0.2) is 4.98 Å². The van der Waals surface area contributed by atoms with Crippen LogP contribution in [0.5, 0.6) is 0 Å². The molecule has 4 nitrogen and oxygen atoms in total. The highest BCUT2D eigenvalue weighted by Gasteiger charge is 2.15. The third kappa shape index (κ3) is 1.90. The van der Waals surface area contributed by atoms with Gasteiger partial charge in [-0.3, -0.25) is 4.40 Å². The van der Waals surface area contributed by atoms with Crippen LogP contribution in [0, 0.1) is 6.92 Å². The zero-order valence-corrected chi connectivity index (χ0v) is 9.71. The summed E-state index contributed by atoms with van der Waals surface area (Å²) in [6.07, 6.45) is 2.03. The molecule has 0 aliphatic heterocycles. The SMILES string of the molecule is Cc1nc2sccn2c1C(C)NCCO. The number of nitrogens with zero attached hydrogens (tertiary/aromatic N) is 2. The van der Waals surface area contributed by atoms with E-state index >= 15 is 0 Å². The maximum absolute atomic E-state index is 8.77. The Morgan fingerprint density at radius 2 is 2.47 bits per heavy atom. The van der Waals surface area contributed by atoms with Crippen molar-refractivity contribution in [1.29, 1.82) is 0 Å². The number of aliphatic hydroxyl groups excluding tert-OH is 1. The number of thiazole rings is 1. The Morgan fingerprint density at radius 3 is 3.20 bits per heavy atom. The second-order valence-electron chi connectivity index (χ2n) is 3.54. The Balaban J connectivity index is 2.32. The number of fused-ring (bicyclic) bond motifs is 1. The van der Waals surface area contributed by atoms with Crippen LogP contribution in [-0.4, -0.2) is 27.6 Å². The molecule has 0 radical (unpaired) electrons. The van der Waals surface area contributed by atoms with Gasteiger partial charge in [-0.1, -0.05) is 0 Å². The molecule has 2 aromatic heterocycles. The molecule has 1 atom stereocenters. The average Bonchev–Trinajstić information content (AvgIpc) is 2.73. The van der Waals surface area contributed by atoms with E-state index in [9.17, 15) is 0 Å². The minimum Gasteiger partial charge on any atom is -0.395 e. The summed E-state index contributed by atoms with van der Waals surface area (Å²) < 4.78 is 2.11. The molecule has 82 valence electrons. The number of hydrogen-bond donors (Lipinski definition) is 2. The Hall–Kier alpha value is -0.910. The molecule has 0 bridgehead atoms. The van der Waals surface area contributed by atoms with Crippen LogP contribution >= 0.6 is 11.3 Å². The smallest absolute Gasteiger partial charge is 0.194 e. The summed E-state index contributed by atoms with van der Waals surface area (Å²) in [4.78, 5) is 5.51. The lowest BCUT2D eigenvalue weighted by molar-refractivity contribution is 0.285. The fourth-order valence-corrected chi connectivity index (χ4v) is 2.58. The second-order valence-corrected chi connectivity index (χ2v) is 4.41. The van der Waals surface area contributed by atoms with Crippen molar-refractivity contribution < 1.29 is 5.11 Å². The zero-order chi connectivity index (χ0) is 10.8. The number of hydrogen-bond acceptors (Lipinski definition) is 4. The topological polar surface area (TPSA) is 49.6 Å². The van der Waals surface area contributed by atoms with Crippen LogP contribution in [0.15, 0.2) is 11.6 Å². The summed E-state index contributed by atoms with van der Waals surface area (Å²) in [5.74, 6) is 0. The van der Waals surface area contributed by atoms with E-state index in [-0.39, 0.29) is 12.6 Å². The van der Waals surface area contributed by atoms with Crippen LogP contribution in [-0.2, 0) is 0 Å². The summed E-state index contributed by atoms with van der Waals surface area (Å²) in [5.41, 5.74) is 2.24. The summed E-state index contributed by atoms with van der Waals surface area (Å²) in [5, 5.41) is 14.1.